The number of ether oxygens (including phenoxy) is 2. The smallest absolute Gasteiger partial charge is 0.435 e. The summed E-state index contributed by atoms with van der Waals surface area (Å²) in [6.45, 7) is 6.72. The van der Waals surface area contributed by atoms with Crippen LogP contribution < -0.4 is 4.72 Å². The highest BCUT2D eigenvalue weighted by Gasteiger charge is 2.35. The summed E-state index contributed by atoms with van der Waals surface area (Å²) >= 11 is 0. The second kappa shape index (κ2) is 13.1. The predicted molar refractivity (Wildman–Crippen MR) is 152 cm³/mol. The van der Waals surface area contributed by atoms with E-state index < -0.39 is 46.2 Å². The van der Waals surface area contributed by atoms with Crippen LogP contribution in [-0.2, 0) is 35.3 Å². The first-order valence-corrected chi connectivity index (χ1v) is 15.0. The summed E-state index contributed by atoms with van der Waals surface area (Å²) in [6, 6.07) is 12.1. The zero-order chi connectivity index (χ0) is 33.0. The van der Waals surface area contributed by atoms with Gasteiger partial charge in [-0.15, -0.1) is 0 Å². The number of nitrogens with zero attached hydrogens (tertiary/aromatic N) is 5. The zero-order valence-corrected chi connectivity index (χ0v) is 25.6. The molecule has 45 heavy (non-hydrogen) atoms. The third-order valence-corrected chi connectivity index (χ3v) is 7.87. The van der Waals surface area contributed by atoms with Crippen molar-refractivity contribution in [1.82, 2.24) is 19.5 Å². The summed E-state index contributed by atoms with van der Waals surface area (Å²) in [7, 11) is -4.38. The van der Waals surface area contributed by atoms with E-state index in [1.165, 1.54) is 17.1 Å². The highest BCUT2D eigenvalue weighted by molar-refractivity contribution is 7.90. The molecule has 1 aromatic heterocycles. The molecule has 13 nitrogen and oxygen atoms in total. The van der Waals surface area contributed by atoms with Crippen molar-refractivity contribution in [3.63, 3.8) is 0 Å². The van der Waals surface area contributed by atoms with Crippen molar-refractivity contribution in [1.29, 1.82) is 0 Å². The summed E-state index contributed by atoms with van der Waals surface area (Å²) in [6.07, 6.45) is -5.36. The van der Waals surface area contributed by atoms with E-state index in [-0.39, 0.29) is 28.9 Å². The molecule has 0 bridgehead atoms. The number of rotatable bonds is 10. The molecule has 1 N–H and O–H groups in total. The summed E-state index contributed by atoms with van der Waals surface area (Å²) in [5.41, 5.74) is -0.101. The molecule has 1 fully saturated rings. The Balaban J connectivity index is 1.34. The highest BCUT2D eigenvalue weighted by Crippen LogP contribution is 2.33. The van der Waals surface area contributed by atoms with Gasteiger partial charge < -0.3 is 14.3 Å². The molecule has 2 heterocycles. The largest absolute Gasteiger partial charge is 0.447 e. The Kier molecular flexibility index (Phi) is 9.70. The Morgan fingerprint density at radius 3 is 2.29 bits per heavy atom. The molecule has 0 radical (unpaired) electrons. The molecule has 1 aliphatic rings. The maximum Gasteiger partial charge on any atom is 0.435 e. The van der Waals surface area contributed by atoms with Gasteiger partial charge in [-0.3, -0.25) is 9.80 Å². The minimum absolute atomic E-state index is 0.153. The minimum atomic E-state index is -4.70. The number of carbonyl (C=O) groups excluding carboxylic acids is 2. The average Bonchev–Trinajstić information content (AvgIpc) is 3.40. The van der Waals surface area contributed by atoms with Crippen LogP contribution in [0.2, 0.25) is 0 Å². The fraction of sp³-hybridized carbons (Fsp3) is 0.393. The number of hydrogen-bond acceptors (Lipinski definition) is 10. The highest BCUT2D eigenvalue weighted by atomic mass is 32.2. The molecule has 0 aliphatic carbocycles. The summed E-state index contributed by atoms with van der Waals surface area (Å²) in [4.78, 5) is 28.4. The molecular formula is C28H31F3N6O7S. The van der Waals surface area contributed by atoms with Gasteiger partial charge in [0.05, 0.1) is 27.7 Å². The van der Waals surface area contributed by atoms with Crippen LogP contribution in [0.4, 0.5) is 18.0 Å². The molecule has 0 saturated carbocycles. The first kappa shape index (κ1) is 33.2. The number of sulfonamides is 1. The van der Waals surface area contributed by atoms with E-state index in [1.807, 2.05) is 6.92 Å². The quantitative estimate of drug-likeness (QED) is 0.102. The van der Waals surface area contributed by atoms with Gasteiger partial charge in [-0.25, -0.2) is 22.6 Å². The number of alkyl halides is 3. The molecule has 1 atom stereocenters. The van der Waals surface area contributed by atoms with Gasteiger partial charge in [-0.1, -0.05) is 29.8 Å². The second-order valence-electron chi connectivity index (χ2n) is 11.1. The molecule has 0 spiro atoms. The molecule has 1 amide bonds. The van der Waals surface area contributed by atoms with Gasteiger partial charge in [0, 0.05) is 17.4 Å². The SMILES string of the molecule is Cc1ccc(-c2cc(C(F)(F)F)nn2-c2ccc(S(=O)(=O)NC(=O)OC[C@@H]3CCN3/N=N\OCOC(=O)C(C)(C)C)cc2)cc1. The normalized spacial score (nSPS) is 15.4. The van der Waals surface area contributed by atoms with Crippen LogP contribution in [0.1, 0.15) is 38.4 Å². The lowest BCUT2D eigenvalue weighted by atomic mass is 9.98. The molecule has 3 aromatic rings. The number of halogens is 3. The van der Waals surface area contributed by atoms with E-state index >= 15 is 0 Å². The molecule has 4 rings (SSSR count). The Morgan fingerprint density at radius 2 is 1.71 bits per heavy atom. The van der Waals surface area contributed by atoms with E-state index in [2.05, 4.69) is 15.6 Å². The Hall–Kier alpha value is -4.67. The standard InChI is InChI=1S/C28H31F3N6O7S/c1-18-5-7-19(8-6-18)23-15-24(28(29,30)31)32-37(23)20-9-11-22(12-10-20)45(40,41)33-26(39)42-16-21-13-14-36(21)34-35-44-17-43-25(38)27(2,3)4/h5-12,15,21H,13-14,16-17H2,1-4H3,(H,33,39)/b35-34-/t21-/m0/s1. The minimum Gasteiger partial charge on any atom is -0.447 e. The van der Waals surface area contributed by atoms with Crippen molar-refractivity contribution < 1.29 is 45.5 Å². The molecule has 0 unspecified atom stereocenters. The molecular weight excluding hydrogens is 621 g/mol. The van der Waals surface area contributed by atoms with Crippen LogP contribution >= 0.6 is 0 Å². The number of esters is 1. The molecule has 242 valence electrons. The lowest BCUT2D eigenvalue weighted by Crippen LogP contribution is -2.47. The predicted octanol–water partition coefficient (Wildman–Crippen LogP) is 5.20. The van der Waals surface area contributed by atoms with E-state index in [9.17, 15) is 31.2 Å². The maximum absolute atomic E-state index is 13.5. The van der Waals surface area contributed by atoms with Gasteiger partial charge in [0.2, 0.25) is 0 Å². The van der Waals surface area contributed by atoms with Gasteiger partial charge >= 0.3 is 18.2 Å². The van der Waals surface area contributed by atoms with Gasteiger partial charge in [0.15, 0.2) is 5.69 Å². The molecule has 2 aromatic carbocycles. The van der Waals surface area contributed by atoms with Gasteiger partial charge in [-0.2, -0.15) is 18.3 Å². The van der Waals surface area contributed by atoms with Crippen LogP contribution in [0.15, 0.2) is 70.0 Å². The fourth-order valence-electron chi connectivity index (χ4n) is 3.89. The van der Waals surface area contributed by atoms with E-state index in [4.69, 9.17) is 14.3 Å². The molecule has 17 heteroatoms. The average molecular weight is 653 g/mol. The van der Waals surface area contributed by atoms with E-state index in [0.29, 0.717) is 18.5 Å². The first-order chi connectivity index (χ1) is 21.0. The van der Waals surface area contributed by atoms with Crippen LogP contribution in [-0.4, -0.2) is 61.3 Å². The third kappa shape index (κ3) is 8.49. The fourth-order valence-corrected chi connectivity index (χ4v) is 4.78. The van der Waals surface area contributed by atoms with Crippen LogP contribution in [0.25, 0.3) is 16.9 Å². The topological polar surface area (TPSA) is 154 Å². The van der Waals surface area contributed by atoms with Crippen LogP contribution in [0.3, 0.4) is 0 Å². The van der Waals surface area contributed by atoms with Gasteiger partial charge in [-0.05, 0) is 69.7 Å². The Morgan fingerprint density at radius 1 is 1.04 bits per heavy atom. The lowest BCUT2D eigenvalue weighted by molar-refractivity contribution is -0.167. The van der Waals surface area contributed by atoms with Crippen LogP contribution in [0, 0.1) is 12.3 Å². The summed E-state index contributed by atoms with van der Waals surface area (Å²) in [5, 5.41) is 12.4. The monoisotopic (exact) mass is 652 g/mol. The molecule has 1 saturated heterocycles. The Labute approximate surface area is 256 Å². The summed E-state index contributed by atoms with van der Waals surface area (Å²) in [5.74, 6) is -0.477. The number of aryl methyl sites for hydroxylation is 1. The van der Waals surface area contributed by atoms with Crippen molar-refractivity contribution in [2.45, 2.75) is 51.2 Å². The second-order valence-corrected chi connectivity index (χ2v) is 12.8. The summed E-state index contributed by atoms with van der Waals surface area (Å²) < 4.78 is 78.8. The number of nitrogens with one attached hydrogen (secondary N) is 1. The zero-order valence-electron chi connectivity index (χ0n) is 24.7. The maximum atomic E-state index is 13.5. The third-order valence-electron chi connectivity index (χ3n) is 6.54. The van der Waals surface area contributed by atoms with Crippen molar-refractivity contribution in [3.8, 4) is 16.9 Å². The number of carbonyl (C=O) groups is 2. The van der Waals surface area contributed by atoms with Crippen LogP contribution in [0.5, 0.6) is 0 Å². The van der Waals surface area contributed by atoms with Crippen molar-refractivity contribution in [2.24, 2.45) is 15.9 Å². The van der Waals surface area contributed by atoms with Gasteiger partial charge in [0.25, 0.3) is 16.8 Å². The van der Waals surface area contributed by atoms with Crippen molar-refractivity contribution in [3.05, 3.63) is 65.9 Å². The number of benzene rings is 2. The Bertz CT molecular complexity index is 1650. The van der Waals surface area contributed by atoms with E-state index in [0.717, 1.165) is 28.4 Å². The first-order valence-electron chi connectivity index (χ1n) is 13.6. The van der Waals surface area contributed by atoms with Crippen molar-refractivity contribution in [2.75, 3.05) is 19.9 Å². The number of aromatic nitrogens is 2. The number of amides is 1. The lowest BCUT2D eigenvalue weighted by Gasteiger charge is -2.36. The van der Waals surface area contributed by atoms with Gasteiger partial charge in [0.1, 0.15) is 6.61 Å². The van der Waals surface area contributed by atoms with Crippen molar-refractivity contribution >= 4 is 22.1 Å². The molecule has 1 aliphatic heterocycles. The number of hydrogen-bond donors (Lipinski definition) is 1. The van der Waals surface area contributed by atoms with E-state index in [1.54, 1.807) is 49.8 Å².